The van der Waals surface area contributed by atoms with Crippen LogP contribution in [-0.2, 0) is 11.3 Å². The van der Waals surface area contributed by atoms with E-state index in [1.165, 1.54) is 0 Å². The summed E-state index contributed by atoms with van der Waals surface area (Å²) in [4.78, 5) is 2.22. The standard InChI is InChI=1S/C16H27NO3/c1-5-9-19-12-15(18)10-17(13(3)6-2)11-16-8-7-14(4)20-16/h5,7-8,13,15,18H,1,6,9-12H2,2-4H3. The number of aryl methyl sites for hydroxylation is 1. The molecule has 2 unspecified atom stereocenters. The van der Waals surface area contributed by atoms with Gasteiger partial charge >= 0.3 is 0 Å². The maximum atomic E-state index is 10.0. The molecule has 0 aliphatic carbocycles. The second-order valence-electron chi connectivity index (χ2n) is 5.18. The fraction of sp³-hybridized carbons (Fsp3) is 0.625. The molecule has 4 heteroatoms. The van der Waals surface area contributed by atoms with Crippen LogP contribution in [0.1, 0.15) is 31.8 Å². The largest absolute Gasteiger partial charge is 0.465 e. The minimum Gasteiger partial charge on any atom is -0.465 e. The molecule has 1 rings (SSSR count). The summed E-state index contributed by atoms with van der Waals surface area (Å²) in [5.41, 5.74) is 0. The molecule has 4 nitrogen and oxygen atoms in total. The van der Waals surface area contributed by atoms with Crippen LogP contribution < -0.4 is 0 Å². The maximum absolute atomic E-state index is 10.0. The van der Waals surface area contributed by atoms with Crippen molar-refractivity contribution in [2.24, 2.45) is 0 Å². The van der Waals surface area contributed by atoms with Crippen LogP contribution in [0.2, 0.25) is 0 Å². The Kier molecular flexibility index (Phi) is 7.59. The first-order valence-electron chi connectivity index (χ1n) is 7.22. The Hall–Kier alpha value is -1.10. The zero-order valence-corrected chi connectivity index (χ0v) is 12.8. The summed E-state index contributed by atoms with van der Waals surface area (Å²) >= 11 is 0. The first-order chi connectivity index (χ1) is 9.56. The molecule has 20 heavy (non-hydrogen) atoms. The van der Waals surface area contributed by atoms with Crippen molar-refractivity contribution in [3.63, 3.8) is 0 Å². The van der Waals surface area contributed by atoms with Gasteiger partial charge in [-0.05, 0) is 32.4 Å². The van der Waals surface area contributed by atoms with Crippen LogP contribution in [0.15, 0.2) is 29.2 Å². The van der Waals surface area contributed by atoms with Gasteiger partial charge in [-0.1, -0.05) is 13.0 Å². The highest BCUT2D eigenvalue weighted by Crippen LogP contribution is 2.14. The fourth-order valence-corrected chi connectivity index (χ4v) is 2.04. The van der Waals surface area contributed by atoms with E-state index in [4.69, 9.17) is 9.15 Å². The van der Waals surface area contributed by atoms with Crippen molar-refractivity contribution in [3.8, 4) is 0 Å². The van der Waals surface area contributed by atoms with Crippen LogP contribution in [0.3, 0.4) is 0 Å². The van der Waals surface area contributed by atoms with E-state index in [2.05, 4.69) is 25.3 Å². The van der Waals surface area contributed by atoms with E-state index < -0.39 is 6.10 Å². The second-order valence-corrected chi connectivity index (χ2v) is 5.18. The van der Waals surface area contributed by atoms with E-state index in [9.17, 15) is 5.11 Å². The molecular formula is C16H27NO3. The Morgan fingerprint density at radius 3 is 2.80 bits per heavy atom. The summed E-state index contributed by atoms with van der Waals surface area (Å²) in [6, 6.07) is 4.34. The van der Waals surface area contributed by atoms with Crippen molar-refractivity contribution in [3.05, 3.63) is 36.3 Å². The van der Waals surface area contributed by atoms with Gasteiger partial charge in [0, 0.05) is 12.6 Å². The number of furan rings is 1. The van der Waals surface area contributed by atoms with Gasteiger partial charge < -0.3 is 14.3 Å². The normalized spacial score (nSPS) is 14.4. The monoisotopic (exact) mass is 281 g/mol. The summed E-state index contributed by atoms with van der Waals surface area (Å²) in [5, 5.41) is 10.0. The quantitative estimate of drug-likeness (QED) is 0.529. The molecule has 0 amide bonds. The molecule has 0 saturated heterocycles. The van der Waals surface area contributed by atoms with Crippen LogP contribution in [0.4, 0.5) is 0 Å². The van der Waals surface area contributed by atoms with Crippen molar-refractivity contribution < 1.29 is 14.3 Å². The highest BCUT2D eigenvalue weighted by Gasteiger charge is 2.18. The molecule has 0 aliphatic heterocycles. The van der Waals surface area contributed by atoms with E-state index in [1.54, 1.807) is 6.08 Å². The van der Waals surface area contributed by atoms with Gasteiger partial charge in [0.2, 0.25) is 0 Å². The molecule has 0 spiro atoms. The summed E-state index contributed by atoms with van der Waals surface area (Å²) in [5.74, 6) is 1.85. The Bertz CT molecular complexity index is 389. The number of nitrogens with zero attached hydrogens (tertiary/aromatic N) is 1. The molecule has 0 fully saturated rings. The molecule has 0 bridgehead atoms. The molecule has 1 N–H and O–H groups in total. The van der Waals surface area contributed by atoms with E-state index in [-0.39, 0.29) is 0 Å². The van der Waals surface area contributed by atoms with Crippen molar-refractivity contribution >= 4 is 0 Å². The lowest BCUT2D eigenvalue weighted by molar-refractivity contribution is 0.0140. The predicted molar refractivity (Wildman–Crippen MR) is 80.6 cm³/mol. The molecule has 0 aliphatic rings. The number of rotatable bonds is 10. The first kappa shape index (κ1) is 17.0. The van der Waals surface area contributed by atoms with Crippen molar-refractivity contribution in [1.29, 1.82) is 0 Å². The fourth-order valence-electron chi connectivity index (χ4n) is 2.04. The van der Waals surface area contributed by atoms with E-state index in [0.717, 1.165) is 17.9 Å². The van der Waals surface area contributed by atoms with Crippen LogP contribution in [-0.4, -0.2) is 41.9 Å². The Labute approximate surface area is 122 Å². The Morgan fingerprint density at radius 2 is 2.25 bits per heavy atom. The van der Waals surface area contributed by atoms with Gasteiger partial charge in [0.05, 0.1) is 25.9 Å². The summed E-state index contributed by atoms with van der Waals surface area (Å²) in [6.45, 7) is 11.9. The number of aliphatic hydroxyl groups excluding tert-OH is 1. The van der Waals surface area contributed by atoms with Gasteiger partial charge in [0.15, 0.2) is 0 Å². The van der Waals surface area contributed by atoms with Gasteiger partial charge in [-0.3, -0.25) is 4.90 Å². The molecule has 1 aromatic rings. The summed E-state index contributed by atoms with van der Waals surface area (Å²) < 4.78 is 10.9. The zero-order valence-electron chi connectivity index (χ0n) is 12.8. The maximum Gasteiger partial charge on any atom is 0.118 e. The highest BCUT2D eigenvalue weighted by molar-refractivity contribution is 5.05. The summed E-state index contributed by atoms with van der Waals surface area (Å²) in [6.07, 6.45) is 2.21. The number of aliphatic hydroxyl groups is 1. The topological polar surface area (TPSA) is 45.8 Å². The van der Waals surface area contributed by atoms with Crippen LogP contribution in [0, 0.1) is 6.92 Å². The van der Waals surface area contributed by atoms with Gasteiger partial charge in [-0.15, -0.1) is 6.58 Å². The second kappa shape index (κ2) is 8.95. The molecule has 0 radical (unpaired) electrons. The molecule has 2 atom stereocenters. The number of ether oxygens (including phenoxy) is 1. The average Bonchev–Trinajstić information content (AvgIpc) is 2.83. The van der Waals surface area contributed by atoms with E-state index >= 15 is 0 Å². The Morgan fingerprint density at radius 1 is 1.50 bits per heavy atom. The third kappa shape index (κ3) is 5.90. The average molecular weight is 281 g/mol. The predicted octanol–water partition coefficient (Wildman–Crippen LogP) is 2.75. The third-order valence-corrected chi connectivity index (χ3v) is 3.36. The molecule has 0 aromatic carbocycles. The van der Waals surface area contributed by atoms with Gasteiger partial charge in [-0.25, -0.2) is 0 Å². The lowest BCUT2D eigenvalue weighted by Gasteiger charge is -2.29. The Balaban J connectivity index is 2.53. The van der Waals surface area contributed by atoms with Gasteiger partial charge in [0.1, 0.15) is 11.5 Å². The molecule has 1 heterocycles. The van der Waals surface area contributed by atoms with E-state index in [0.29, 0.717) is 32.3 Å². The van der Waals surface area contributed by atoms with Gasteiger partial charge in [0.25, 0.3) is 0 Å². The van der Waals surface area contributed by atoms with E-state index in [1.807, 2.05) is 19.1 Å². The van der Waals surface area contributed by atoms with Crippen LogP contribution in [0.5, 0.6) is 0 Å². The number of hydrogen-bond donors (Lipinski definition) is 1. The lowest BCUT2D eigenvalue weighted by atomic mass is 10.2. The zero-order chi connectivity index (χ0) is 15.0. The van der Waals surface area contributed by atoms with Crippen molar-refractivity contribution in [2.45, 2.75) is 45.9 Å². The van der Waals surface area contributed by atoms with Gasteiger partial charge in [-0.2, -0.15) is 0 Å². The highest BCUT2D eigenvalue weighted by atomic mass is 16.5. The smallest absolute Gasteiger partial charge is 0.118 e. The minimum atomic E-state index is -0.500. The van der Waals surface area contributed by atoms with Crippen LogP contribution in [0.25, 0.3) is 0 Å². The minimum absolute atomic E-state index is 0.330. The molecule has 114 valence electrons. The summed E-state index contributed by atoms with van der Waals surface area (Å²) in [7, 11) is 0. The lowest BCUT2D eigenvalue weighted by Crippen LogP contribution is -2.39. The van der Waals surface area contributed by atoms with Crippen LogP contribution >= 0.6 is 0 Å². The SMILES string of the molecule is C=CCOCC(O)CN(Cc1ccc(C)o1)C(C)CC. The molecule has 0 saturated carbocycles. The van der Waals surface area contributed by atoms with Crippen molar-refractivity contribution in [1.82, 2.24) is 4.90 Å². The first-order valence-corrected chi connectivity index (χ1v) is 7.22. The van der Waals surface area contributed by atoms with Crippen molar-refractivity contribution in [2.75, 3.05) is 19.8 Å². The molecule has 1 aromatic heterocycles. The molecular weight excluding hydrogens is 254 g/mol. The third-order valence-electron chi connectivity index (χ3n) is 3.36. The number of hydrogen-bond acceptors (Lipinski definition) is 4.